The van der Waals surface area contributed by atoms with Gasteiger partial charge in [0.25, 0.3) is 0 Å². The van der Waals surface area contributed by atoms with E-state index in [1.165, 1.54) is 0 Å². The summed E-state index contributed by atoms with van der Waals surface area (Å²) in [6.07, 6.45) is 4.08. The number of aromatic nitrogens is 1. The number of rotatable bonds is 6. The van der Waals surface area contributed by atoms with Crippen LogP contribution in [0.3, 0.4) is 0 Å². The van der Waals surface area contributed by atoms with Crippen LogP contribution >= 0.6 is 23.2 Å². The smallest absolute Gasteiger partial charge is 0.124 e. The first kappa shape index (κ1) is 20.2. The highest BCUT2D eigenvalue weighted by Gasteiger charge is 2.32. The van der Waals surface area contributed by atoms with Crippen LogP contribution < -0.4 is 11.1 Å². The Labute approximate surface area is 170 Å². The first-order valence-electron chi connectivity index (χ1n) is 9.09. The van der Waals surface area contributed by atoms with Crippen molar-refractivity contribution in [2.45, 2.75) is 31.8 Å². The molecule has 3 rings (SSSR count). The van der Waals surface area contributed by atoms with Gasteiger partial charge in [0.05, 0.1) is 10.6 Å². The van der Waals surface area contributed by atoms with E-state index in [9.17, 15) is 0 Å². The first-order chi connectivity index (χ1) is 13.0. The van der Waals surface area contributed by atoms with Crippen LogP contribution in [0.4, 0.5) is 11.5 Å². The number of halogens is 2. The summed E-state index contributed by atoms with van der Waals surface area (Å²) < 4.78 is 11.3. The SMILES string of the molecule is CCc1c(NCC2(OC)CCOCC2)ccc(Cl)c1-c1cc(N)ncc1Cl. The number of nitrogen functional groups attached to an aromatic ring is 1. The Morgan fingerprint density at radius 2 is 2.00 bits per heavy atom. The summed E-state index contributed by atoms with van der Waals surface area (Å²) in [6, 6.07) is 5.65. The number of nitrogens with two attached hydrogens (primary N) is 1. The van der Waals surface area contributed by atoms with Crippen LogP contribution in [0.5, 0.6) is 0 Å². The summed E-state index contributed by atoms with van der Waals surface area (Å²) >= 11 is 13.0. The molecule has 1 fully saturated rings. The van der Waals surface area contributed by atoms with E-state index in [-0.39, 0.29) is 5.60 Å². The van der Waals surface area contributed by atoms with Crippen molar-refractivity contribution in [3.63, 3.8) is 0 Å². The highest BCUT2D eigenvalue weighted by atomic mass is 35.5. The van der Waals surface area contributed by atoms with E-state index >= 15 is 0 Å². The molecule has 1 aliphatic heterocycles. The predicted octanol–water partition coefficient (Wildman–Crippen LogP) is 4.81. The van der Waals surface area contributed by atoms with Gasteiger partial charge in [0, 0.05) is 67.7 Å². The molecule has 2 aromatic rings. The average Bonchev–Trinajstić information content (AvgIpc) is 2.69. The molecule has 1 aromatic carbocycles. The van der Waals surface area contributed by atoms with Gasteiger partial charge in [0.1, 0.15) is 5.82 Å². The number of methoxy groups -OCH3 is 1. The zero-order valence-corrected chi connectivity index (χ0v) is 17.2. The fourth-order valence-electron chi connectivity index (χ4n) is 3.54. The largest absolute Gasteiger partial charge is 0.384 e. The zero-order valence-electron chi connectivity index (χ0n) is 15.6. The minimum atomic E-state index is -0.220. The van der Waals surface area contributed by atoms with Crippen molar-refractivity contribution in [3.8, 4) is 11.1 Å². The van der Waals surface area contributed by atoms with E-state index in [1.54, 1.807) is 19.4 Å². The third-order valence-corrected chi connectivity index (χ3v) is 5.82. The van der Waals surface area contributed by atoms with Gasteiger partial charge >= 0.3 is 0 Å². The fourth-order valence-corrected chi connectivity index (χ4v) is 4.02. The maximum absolute atomic E-state index is 6.55. The molecule has 0 spiro atoms. The Morgan fingerprint density at radius 3 is 2.67 bits per heavy atom. The highest BCUT2D eigenvalue weighted by Crippen LogP contribution is 2.40. The molecule has 0 aliphatic carbocycles. The summed E-state index contributed by atoms with van der Waals surface area (Å²) in [5.74, 6) is 0.409. The molecule has 0 atom stereocenters. The lowest BCUT2D eigenvalue weighted by molar-refractivity contribution is -0.0807. The molecule has 1 aromatic heterocycles. The van der Waals surface area contributed by atoms with E-state index < -0.39 is 0 Å². The lowest BCUT2D eigenvalue weighted by Crippen LogP contribution is -2.44. The molecule has 0 unspecified atom stereocenters. The summed E-state index contributed by atoms with van der Waals surface area (Å²) in [4.78, 5) is 4.05. The van der Waals surface area contributed by atoms with Crippen LogP contribution in [0.1, 0.15) is 25.3 Å². The van der Waals surface area contributed by atoms with Crippen molar-refractivity contribution in [1.82, 2.24) is 4.98 Å². The second-order valence-electron chi connectivity index (χ2n) is 6.74. The van der Waals surface area contributed by atoms with Crippen LogP contribution in [0.15, 0.2) is 24.4 Å². The highest BCUT2D eigenvalue weighted by molar-refractivity contribution is 6.36. The van der Waals surface area contributed by atoms with Crippen molar-refractivity contribution in [2.24, 2.45) is 0 Å². The van der Waals surface area contributed by atoms with Crippen LogP contribution in [0.25, 0.3) is 11.1 Å². The van der Waals surface area contributed by atoms with Crippen molar-refractivity contribution >= 4 is 34.7 Å². The van der Waals surface area contributed by atoms with Crippen LogP contribution in [-0.2, 0) is 15.9 Å². The molecule has 3 N–H and O–H groups in total. The van der Waals surface area contributed by atoms with Crippen LogP contribution in [-0.4, -0.2) is 37.5 Å². The van der Waals surface area contributed by atoms with Crippen LogP contribution in [0.2, 0.25) is 10.0 Å². The number of nitrogens with zero attached hydrogens (tertiary/aromatic N) is 1. The molecule has 2 heterocycles. The molecule has 0 radical (unpaired) electrons. The lowest BCUT2D eigenvalue weighted by Gasteiger charge is -2.36. The minimum absolute atomic E-state index is 0.220. The molecule has 146 valence electrons. The Balaban J connectivity index is 1.96. The van der Waals surface area contributed by atoms with Crippen molar-refractivity contribution in [1.29, 1.82) is 0 Å². The van der Waals surface area contributed by atoms with E-state index in [0.717, 1.165) is 41.6 Å². The Bertz CT molecular complexity index is 808. The van der Waals surface area contributed by atoms with Gasteiger partial charge in [-0.05, 0) is 30.2 Å². The first-order valence-corrected chi connectivity index (χ1v) is 9.85. The minimum Gasteiger partial charge on any atom is -0.384 e. The van der Waals surface area contributed by atoms with Gasteiger partial charge in [0.15, 0.2) is 0 Å². The maximum atomic E-state index is 6.55. The van der Waals surface area contributed by atoms with Crippen LogP contribution in [0, 0.1) is 0 Å². The van der Waals surface area contributed by atoms with Gasteiger partial charge in [-0.2, -0.15) is 0 Å². The molecule has 27 heavy (non-hydrogen) atoms. The van der Waals surface area contributed by atoms with Gasteiger partial charge in [-0.3, -0.25) is 0 Å². The molecule has 0 bridgehead atoms. The molecule has 0 amide bonds. The van der Waals surface area contributed by atoms with Gasteiger partial charge < -0.3 is 20.5 Å². The average molecular weight is 410 g/mol. The van der Waals surface area contributed by atoms with Gasteiger partial charge in [-0.15, -0.1) is 0 Å². The molecule has 1 saturated heterocycles. The second kappa shape index (κ2) is 8.65. The molecule has 7 heteroatoms. The summed E-state index contributed by atoms with van der Waals surface area (Å²) in [6.45, 7) is 4.23. The normalized spacial score (nSPS) is 16.3. The third-order valence-electron chi connectivity index (χ3n) is 5.20. The molecular formula is C20H25Cl2N3O2. The number of hydrogen-bond donors (Lipinski definition) is 2. The standard InChI is InChI=1S/C20H25Cl2N3O2/c1-3-13-17(25-12-20(26-2)6-8-27-9-7-20)5-4-15(21)19(13)14-10-18(23)24-11-16(14)22/h4-5,10-11,25H,3,6-9,12H2,1-2H3,(H2,23,24). The number of hydrogen-bond acceptors (Lipinski definition) is 5. The lowest BCUT2D eigenvalue weighted by atomic mass is 9.92. The Hall–Kier alpha value is -1.53. The molecule has 0 saturated carbocycles. The monoisotopic (exact) mass is 409 g/mol. The Morgan fingerprint density at radius 1 is 1.26 bits per heavy atom. The summed E-state index contributed by atoms with van der Waals surface area (Å²) in [5.41, 5.74) is 9.45. The zero-order chi connectivity index (χ0) is 19.4. The quantitative estimate of drug-likeness (QED) is 0.716. The second-order valence-corrected chi connectivity index (χ2v) is 7.56. The van der Waals surface area contributed by atoms with E-state index in [4.69, 9.17) is 38.4 Å². The van der Waals surface area contributed by atoms with Gasteiger partial charge in [-0.1, -0.05) is 30.1 Å². The number of benzene rings is 1. The third kappa shape index (κ3) is 4.32. The van der Waals surface area contributed by atoms with E-state index in [0.29, 0.717) is 35.6 Å². The Kier molecular flexibility index (Phi) is 6.48. The fraction of sp³-hybridized carbons (Fsp3) is 0.450. The maximum Gasteiger partial charge on any atom is 0.124 e. The molecule has 5 nitrogen and oxygen atoms in total. The predicted molar refractivity (Wildman–Crippen MR) is 112 cm³/mol. The topological polar surface area (TPSA) is 69.4 Å². The van der Waals surface area contributed by atoms with Crippen molar-refractivity contribution in [3.05, 3.63) is 40.0 Å². The number of ether oxygens (including phenoxy) is 2. The van der Waals surface area contributed by atoms with E-state index in [2.05, 4.69) is 17.2 Å². The molecule has 1 aliphatic rings. The van der Waals surface area contributed by atoms with Gasteiger partial charge in [-0.25, -0.2) is 4.98 Å². The van der Waals surface area contributed by atoms with E-state index in [1.807, 2.05) is 12.1 Å². The number of anilines is 2. The van der Waals surface area contributed by atoms with Crippen molar-refractivity contribution in [2.75, 3.05) is 37.9 Å². The number of nitrogens with one attached hydrogen (secondary N) is 1. The summed E-state index contributed by atoms with van der Waals surface area (Å²) in [7, 11) is 1.76. The van der Waals surface area contributed by atoms with Crippen molar-refractivity contribution < 1.29 is 9.47 Å². The number of pyridine rings is 1. The molecular weight excluding hydrogens is 385 g/mol. The van der Waals surface area contributed by atoms with Gasteiger partial charge in [0.2, 0.25) is 0 Å². The summed E-state index contributed by atoms with van der Waals surface area (Å²) in [5, 5.41) is 4.73.